The van der Waals surface area contributed by atoms with Gasteiger partial charge < -0.3 is 15.4 Å². The molecule has 6 rings (SSSR count). The smallest absolute Gasteiger partial charge is 0.422 e. The predicted octanol–water partition coefficient (Wildman–Crippen LogP) is 4.92. The minimum Gasteiger partial charge on any atom is -0.456 e. The average Bonchev–Trinajstić information content (AvgIpc) is 3.37. The zero-order chi connectivity index (χ0) is 27.1. The largest absolute Gasteiger partial charge is 0.456 e. The first-order valence-electron chi connectivity index (χ1n) is 11.8. The second-order valence-corrected chi connectivity index (χ2v) is 8.84. The van der Waals surface area contributed by atoms with Gasteiger partial charge in [0.15, 0.2) is 23.1 Å². The maximum atomic E-state index is 15.5. The molecular formula is C25H19F4N9O. The number of alkyl halides is 3. The van der Waals surface area contributed by atoms with Crippen molar-refractivity contribution in [2.45, 2.75) is 25.6 Å². The van der Waals surface area contributed by atoms with E-state index in [2.05, 4.69) is 40.7 Å². The molecule has 5 heterocycles. The molecule has 0 aliphatic carbocycles. The lowest BCUT2D eigenvalue weighted by Gasteiger charge is -2.20. The number of anilines is 2. The Balaban J connectivity index is 1.37. The first-order chi connectivity index (χ1) is 18.8. The van der Waals surface area contributed by atoms with Crippen LogP contribution in [-0.4, -0.2) is 47.1 Å². The van der Waals surface area contributed by atoms with Crippen molar-refractivity contribution in [1.29, 1.82) is 0 Å². The normalized spacial score (nSPS) is 15.9. The van der Waals surface area contributed by atoms with Crippen molar-refractivity contribution in [1.82, 2.24) is 39.9 Å². The standard InChI is InChI=1S/C25H19F4N9O/c1-13-8-14(4-6-30-13)23-31-10-17-22(37-23)24(34-11-32-17)36-16-2-3-18(20(21(16)26)25(27,28)29)39-15-5-7-38-19(9-15)33-12-35-38/h2-5,7,9-13,30H,6,8H2,1H3,(H,32,34,36)/t13-/m0/s1. The molecule has 1 aliphatic rings. The number of aromatic nitrogens is 7. The van der Waals surface area contributed by atoms with Crippen molar-refractivity contribution < 1.29 is 22.3 Å². The van der Waals surface area contributed by atoms with Gasteiger partial charge in [-0.15, -0.1) is 0 Å². The Morgan fingerprint density at radius 2 is 1.97 bits per heavy atom. The Morgan fingerprint density at radius 3 is 2.79 bits per heavy atom. The predicted molar refractivity (Wildman–Crippen MR) is 133 cm³/mol. The molecule has 0 fully saturated rings. The van der Waals surface area contributed by atoms with Gasteiger partial charge >= 0.3 is 6.18 Å². The van der Waals surface area contributed by atoms with Crippen molar-refractivity contribution in [3.05, 3.63) is 72.6 Å². The second kappa shape index (κ2) is 9.54. The fourth-order valence-electron chi connectivity index (χ4n) is 4.27. The van der Waals surface area contributed by atoms with E-state index < -0.39 is 29.0 Å². The third-order valence-electron chi connectivity index (χ3n) is 6.13. The van der Waals surface area contributed by atoms with Crippen LogP contribution in [0.3, 0.4) is 0 Å². The van der Waals surface area contributed by atoms with E-state index in [1.54, 1.807) is 0 Å². The van der Waals surface area contributed by atoms with Crippen LogP contribution in [0.2, 0.25) is 0 Å². The van der Waals surface area contributed by atoms with Gasteiger partial charge in [0.2, 0.25) is 0 Å². The summed E-state index contributed by atoms with van der Waals surface area (Å²) < 4.78 is 64.4. The molecule has 14 heteroatoms. The summed E-state index contributed by atoms with van der Waals surface area (Å²) in [6.07, 6.45) is 3.04. The van der Waals surface area contributed by atoms with Gasteiger partial charge in [-0.25, -0.2) is 33.8 Å². The Kier molecular flexibility index (Phi) is 6.02. The maximum absolute atomic E-state index is 15.5. The van der Waals surface area contributed by atoms with Crippen LogP contribution in [-0.2, 0) is 6.18 Å². The van der Waals surface area contributed by atoms with Gasteiger partial charge in [0, 0.05) is 24.8 Å². The number of halogens is 4. The van der Waals surface area contributed by atoms with E-state index in [9.17, 15) is 13.2 Å². The van der Waals surface area contributed by atoms with Crippen molar-refractivity contribution in [3.8, 4) is 11.5 Å². The summed E-state index contributed by atoms with van der Waals surface area (Å²) in [4.78, 5) is 21.1. The van der Waals surface area contributed by atoms with Gasteiger partial charge in [-0.05, 0) is 37.1 Å². The highest BCUT2D eigenvalue weighted by Crippen LogP contribution is 2.43. The summed E-state index contributed by atoms with van der Waals surface area (Å²) >= 11 is 0. The van der Waals surface area contributed by atoms with E-state index in [1.165, 1.54) is 41.7 Å². The lowest BCUT2D eigenvalue weighted by Crippen LogP contribution is -2.30. The van der Waals surface area contributed by atoms with Crippen molar-refractivity contribution in [2.75, 3.05) is 11.9 Å². The lowest BCUT2D eigenvalue weighted by atomic mass is 10.0. The SMILES string of the molecule is C[C@H]1CC(c2ncc3ncnc(Nc4ccc(Oc5ccn6ncnc6c5)c(C(F)(F)F)c4F)c3n2)=CCN1. The van der Waals surface area contributed by atoms with E-state index in [4.69, 9.17) is 4.74 Å². The van der Waals surface area contributed by atoms with Gasteiger partial charge in [0.1, 0.15) is 40.8 Å². The molecule has 0 saturated carbocycles. The molecule has 0 spiro atoms. The minimum absolute atomic E-state index is 0.0317. The van der Waals surface area contributed by atoms with Crippen LogP contribution in [0.15, 0.2) is 55.4 Å². The van der Waals surface area contributed by atoms with E-state index in [1.807, 2.05) is 13.0 Å². The van der Waals surface area contributed by atoms with Gasteiger partial charge in [-0.2, -0.15) is 18.3 Å². The summed E-state index contributed by atoms with van der Waals surface area (Å²) in [5.74, 6) is -1.76. The fourth-order valence-corrected chi connectivity index (χ4v) is 4.27. The highest BCUT2D eigenvalue weighted by atomic mass is 19.4. The van der Waals surface area contributed by atoms with Crippen molar-refractivity contribution in [3.63, 3.8) is 0 Å². The van der Waals surface area contributed by atoms with Gasteiger partial charge in [-0.3, -0.25) is 0 Å². The monoisotopic (exact) mass is 537 g/mol. The summed E-state index contributed by atoms with van der Waals surface area (Å²) in [7, 11) is 0. The Hall–Kier alpha value is -4.72. The number of pyridine rings is 1. The number of benzene rings is 1. The first-order valence-corrected chi connectivity index (χ1v) is 11.8. The van der Waals surface area contributed by atoms with E-state index >= 15 is 4.39 Å². The average molecular weight is 537 g/mol. The van der Waals surface area contributed by atoms with Gasteiger partial charge in [0.05, 0.1) is 11.9 Å². The summed E-state index contributed by atoms with van der Waals surface area (Å²) in [6, 6.07) is 5.19. The van der Waals surface area contributed by atoms with Crippen LogP contribution in [0.1, 0.15) is 24.7 Å². The van der Waals surface area contributed by atoms with Gasteiger partial charge in [-0.1, -0.05) is 6.08 Å². The summed E-state index contributed by atoms with van der Waals surface area (Å²) in [5, 5.41) is 9.87. The molecule has 5 aromatic rings. The number of rotatable bonds is 5. The van der Waals surface area contributed by atoms with Gasteiger partial charge in [0.25, 0.3) is 0 Å². The van der Waals surface area contributed by atoms with E-state index in [0.717, 1.165) is 17.7 Å². The molecule has 0 saturated heterocycles. The van der Waals surface area contributed by atoms with Crippen LogP contribution in [0.25, 0.3) is 22.3 Å². The van der Waals surface area contributed by atoms with Crippen LogP contribution in [0.5, 0.6) is 11.5 Å². The summed E-state index contributed by atoms with van der Waals surface area (Å²) in [6.45, 7) is 2.69. The summed E-state index contributed by atoms with van der Waals surface area (Å²) in [5.41, 5.74) is -0.182. The number of fused-ring (bicyclic) bond motifs is 2. The third kappa shape index (κ3) is 4.81. The molecule has 0 amide bonds. The zero-order valence-electron chi connectivity index (χ0n) is 20.2. The highest BCUT2D eigenvalue weighted by Gasteiger charge is 2.39. The number of hydrogen-bond acceptors (Lipinski definition) is 9. The Bertz CT molecular complexity index is 1730. The minimum atomic E-state index is -5.06. The van der Waals surface area contributed by atoms with Crippen LogP contribution in [0, 0.1) is 5.82 Å². The molecular weight excluding hydrogens is 518 g/mol. The topological polar surface area (TPSA) is 115 Å². The zero-order valence-corrected chi connectivity index (χ0v) is 20.2. The van der Waals surface area contributed by atoms with Crippen LogP contribution in [0.4, 0.5) is 29.1 Å². The van der Waals surface area contributed by atoms with Crippen LogP contribution < -0.4 is 15.4 Å². The number of nitrogens with one attached hydrogen (secondary N) is 2. The number of nitrogens with zero attached hydrogens (tertiary/aromatic N) is 7. The molecule has 0 radical (unpaired) electrons. The molecule has 1 atom stereocenters. The molecule has 1 aliphatic heterocycles. The highest BCUT2D eigenvalue weighted by molar-refractivity contribution is 5.87. The second-order valence-electron chi connectivity index (χ2n) is 8.84. The molecule has 39 heavy (non-hydrogen) atoms. The molecule has 0 bridgehead atoms. The van der Waals surface area contributed by atoms with E-state index in [0.29, 0.717) is 30.0 Å². The van der Waals surface area contributed by atoms with Crippen LogP contribution >= 0.6 is 0 Å². The third-order valence-corrected chi connectivity index (χ3v) is 6.13. The van der Waals surface area contributed by atoms with Crippen molar-refractivity contribution >= 4 is 33.8 Å². The molecule has 2 N–H and O–H groups in total. The fraction of sp³-hybridized carbons (Fsp3) is 0.200. The molecule has 0 unspecified atom stereocenters. The van der Waals surface area contributed by atoms with Crippen molar-refractivity contribution in [2.24, 2.45) is 0 Å². The molecule has 198 valence electrons. The Labute approximate surface area is 217 Å². The number of ether oxygens (including phenoxy) is 1. The number of hydrogen-bond donors (Lipinski definition) is 2. The quantitative estimate of drug-likeness (QED) is 0.302. The molecule has 4 aromatic heterocycles. The molecule has 10 nitrogen and oxygen atoms in total. The molecule has 1 aromatic carbocycles. The maximum Gasteiger partial charge on any atom is 0.422 e. The first kappa shape index (κ1) is 24.6. The Morgan fingerprint density at radius 1 is 1.10 bits per heavy atom. The lowest BCUT2D eigenvalue weighted by molar-refractivity contribution is -0.140. The van der Waals surface area contributed by atoms with E-state index in [-0.39, 0.29) is 23.1 Å².